The average molecular weight is 401 g/mol. The van der Waals surface area contributed by atoms with Crippen LogP contribution in [0.15, 0.2) is 12.1 Å². The van der Waals surface area contributed by atoms with Gasteiger partial charge < -0.3 is 15.1 Å². The second-order valence-electron chi connectivity index (χ2n) is 6.73. The van der Waals surface area contributed by atoms with Crippen molar-refractivity contribution in [1.29, 1.82) is 0 Å². The Hall–Kier alpha value is -2.23. The van der Waals surface area contributed by atoms with Gasteiger partial charge in [-0.1, -0.05) is 0 Å². The number of nitrogens with zero attached hydrogens (tertiary/aromatic N) is 2. The zero-order chi connectivity index (χ0) is 19.9. The number of fused-ring (bicyclic) bond motifs is 1. The fraction of sp³-hybridized carbons (Fsp3) is 0.471. The van der Waals surface area contributed by atoms with Crippen LogP contribution in [-0.4, -0.2) is 57.8 Å². The van der Waals surface area contributed by atoms with E-state index in [9.17, 15) is 27.6 Å². The van der Waals surface area contributed by atoms with Crippen LogP contribution in [-0.2, 0) is 14.4 Å². The highest BCUT2D eigenvalue weighted by Gasteiger charge is 2.53. The number of amides is 3. The third kappa shape index (κ3) is 3.50. The molecule has 2 heterocycles. The van der Waals surface area contributed by atoms with Gasteiger partial charge in [-0.3, -0.25) is 14.4 Å². The van der Waals surface area contributed by atoms with Crippen molar-refractivity contribution >= 4 is 35.2 Å². The van der Waals surface area contributed by atoms with Gasteiger partial charge in [0.1, 0.15) is 6.04 Å². The van der Waals surface area contributed by atoms with Crippen LogP contribution >= 0.6 is 11.8 Å². The van der Waals surface area contributed by atoms with Crippen LogP contribution in [0, 0.1) is 17.5 Å². The average Bonchev–Trinajstić information content (AvgIpc) is 3.11. The minimum atomic E-state index is -1.69. The zero-order valence-corrected chi connectivity index (χ0v) is 15.5. The van der Waals surface area contributed by atoms with Crippen molar-refractivity contribution in [3.8, 4) is 0 Å². The summed E-state index contributed by atoms with van der Waals surface area (Å²) in [4.78, 5) is 39.2. The summed E-state index contributed by atoms with van der Waals surface area (Å²) in [6.45, 7) is 1.49. The van der Waals surface area contributed by atoms with Gasteiger partial charge in [0.25, 0.3) is 0 Å². The third-order valence-electron chi connectivity index (χ3n) is 4.80. The molecule has 10 heteroatoms. The van der Waals surface area contributed by atoms with Crippen molar-refractivity contribution in [2.45, 2.75) is 30.7 Å². The number of thioether (sulfide) groups is 1. The van der Waals surface area contributed by atoms with Gasteiger partial charge in [0.2, 0.25) is 17.7 Å². The summed E-state index contributed by atoms with van der Waals surface area (Å²) < 4.78 is 39.8. The number of anilines is 1. The van der Waals surface area contributed by atoms with E-state index in [1.807, 2.05) is 6.92 Å². The molecule has 6 nitrogen and oxygen atoms in total. The van der Waals surface area contributed by atoms with Crippen molar-refractivity contribution in [3.05, 3.63) is 29.6 Å². The number of nitrogens with one attached hydrogen (secondary N) is 1. The lowest BCUT2D eigenvalue weighted by molar-refractivity contribution is -0.143. The maximum absolute atomic E-state index is 13.6. The lowest BCUT2D eigenvalue weighted by Gasteiger charge is -2.31. The highest BCUT2D eigenvalue weighted by molar-refractivity contribution is 8.01. The number of hydrogen-bond donors (Lipinski definition) is 1. The third-order valence-corrected chi connectivity index (χ3v) is 6.30. The molecule has 0 bridgehead atoms. The van der Waals surface area contributed by atoms with Crippen LogP contribution in [0.25, 0.3) is 0 Å². The number of benzene rings is 1. The van der Waals surface area contributed by atoms with Crippen LogP contribution in [0.2, 0.25) is 0 Å². The molecule has 3 rings (SSSR count). The fourth-order valence-electron chi connectivity index (χ4n) is 3.36. The molecule has 0 aliphatic carbocycles. The van der Waals surface area contributed by atoms with Crippen molar-refractivity contribution in [3.63, 3.8) is 0 Å². The predicted octanol–water partition coefficient (Wildman–Crippen LogP) is 1.95. The first kappa shape index (κ1) is 19.5. The molecule has 0 unspecified atom stereocenters. The Bertz CT molecular complexity index is 822. The molecule has 3 amide bonds. The second-order valence-corrected chi connectivity index (χ2v) is 8.23. The van der Waals surface area contributed by atoms with Gasteiger partial charge in [-0.15, -0.1) is 11.8 Å². The molecule has 0 saturated carbocycles. The molecule has 1 aromatic carbocycles. The summed E-state index contributed by atoms with van der Waals surface area (Å²) in [6.07, 6.45) is 1.05. The van der Waals surface area contributed by atoms with Crippen LogP contribution < -0.4 is 5.32 Å². The topological polar surface area (TPSA) is 69.7 Å². The molecular weight excluding hydrogens is 383 g/mol. The molecule has 0 spiro atoms. The van der Waals surface area contributed by atoms with Gasteiger partial charge in [0.05, 0.1) is 17.1 Å². The fourth-order valence-corrected chi connectivity index (χ4v) is 4.79. The summed E-state index contributed by atoms with van der Waals surface area (Å²) in [5, 5.41) is 2.12. The Morgan fingerprint density at radius 3 is 2.74 bits per heavy atom. The summed E-state index contributed by atoms with van der Waals surface area (Å²) >= 11 is 1.53. The molecule has 0 aromatic heterocycles. The lowest BCUT2D eigenvalue weighted by Crippen LogP contribution is -2.51. The number of likely N-dealkylation sites (N-methyl/N-ethyl adjacent to an activating group) is 1. The van der Waals surface area contributed by atoms with Crippen molar-refractivity contribution in [2.24, 2.45) is 0 Å². The van der Waals surface area contributed by atoms with Crippen LogP contribution in [0.5, 0.6) is 0 Å². The monoisotopic (exact) mass is 401 g/mol. The molecule has 2 aliphatic rings. The molecule has 2 saturated heterocycles. The number of rotatable bonds is 4. The zero-order valence-electron chi connectivity index (χ0n) is 14.7. The van der Waals surface area contributed by atoms with Gasteiger partial charge in [0.15, 0.2) is 17.5 Å². The van der Waals surface area contributed by atoms with E-state index >= 15 is 0 Å². The SMILES string of the molecule is CN(CC(=O)Nc1ccc(F)c(F)c1F)C(=O)[C@H]1CS[C@]2(C)CCC(=O)N12. The van der Waals surface area contributed by atoms with Gasteiger partial charge >= 0.3 is 0 Å². The van der Waals surface area contributed by atoms with E-state index in [1.54, 1.807) is 4.90 Å². The number of hydrogen-bond acceptors (Lipinski definition) is 4. The van der Waals surface area contributed by atoms with Crippen molar-refractivity contribution < 1.29 is 27.6 Å². The number of halogens is 3. The van der Waals surface area contributed by atoms with E-state index in [0.717, 1.165) is 11.0 Å². The Balaban J connectivity index is 1.64. The van der Waals surface area contributed by atoms with E-state index in [4.69, 9.17) is 0 Å². The standard InChI is InChI=1S/C17H18F3N3O3S/c1-17-6-5-13(25)23(17)11(8-27-17)16(26)22(2)7-12(24)21-10-4-3-9(18)14(19)15(10)20/h3-4,11H,5-8H2,1-2H3,(H,21,24)/t11-,17-/m1/s1. The lowest BCUT2D eigenvalue weighted by atomic mass is 10.2. The first-order valence-corrected chi connectivity index (χ1v) is 9.27. The largest absolute Gasteiger partial charge is 0.335 e. The molecule has 2 atom stereocenters. The van der Waals surface area contributed by atoms with E-state index in [0.29, 0.717) is 24.7 Å². The predicted molar refractivity (Wildman–Crippen MR) is 93.3 cm³/mol. The maximum atomic E-state index is 13.6. The van der Waals surface area contributed by atoms with Gasteiger partial charge in [0, 0.05) is 19.2 Å². The van der Waals surface area contributed by atoms with E-state index in [1.165, 1.54) is 18.8 Å². The Kier molecular flexibility index (Phi) is 5.11. The van der Waals surface area contributed by atoms with Crippen molar-refractivity contribution in [1.82, 2.24) is 9.80 Å². The molecule has 146 valence electrons. The Labute approximate surface area is 158 Å². The molecule has 0 radical (unpaired) electrons. The number of carbonyl (C=O) groups is 3. The smallest absolute Gasteiger partial charge is 0.246 e. The molecule has 2 aliphatic heterocycles. The molecule has 27 heavy (non-hydrogen) atoms. The quantitative estimate of drug-likeness (QED) is 0.783. The second kappa shape index (κ2) is 7.06. The van der Waals surface area contributed by atoms with Gasteiger partial charge in [-0.25, -0.2) is 13.2 Å². The molecule has 1 aromatic rings. The van der Waals surface area contributed by atoms with Crippen molar-refractivity contribution in [2.75, 3.05) is 24.7 Å². The summed E-state index contributed by atoms with van der Waals surface area (Å²) in [5.74, 6) is -5.39. The summed E-state index contributed by atoms with van der Waals surface area (Å²) in [7, 11) is 1.39. The summed E-state index contributed by atoms with van der Waals surface area (Å²) in [6, 6.07) is 0.932. The van der Waals surface area contributed by atoms with Crippen LogP contribution in [0.1, 0.15) is 19.8 Å². The Morgan fingerprint density at radius 2 is 2.04 bits per heavy atom. The van der Waals surface area contributed by atoms with Gasteiger partial charge in [-0.05, 0) is 25.5 Å². The summed E-state index contributed by atoms with van der Waals surface area (Å²) in [5.41, 5.74) is -0.515. The van der Waals surface area contributed by atoms with Crippen LogP contribution in [0.3, 0.4) is 0 Å². The highest BCUT2D eigenvalue weighted by atomic mass is 32.2. The minimum Gasteiger partial charge on any atom is -0.335 e. The minimum absolute atomic E-state index is 0.0949. The maximum Gasteiger partial charge on any atom is 0.246 e. The first-order valence-electron chi connectivity index (χ1n) is 8.28. The molecule has 2 fully saturated rings. The highest BCUT2D eigenvalue weighted by Crippen LogP contribution is 2.47. The molecule has 1 N–H and O–H groups in total. The van der Waals surface area contributed by atoms with Crippen LogP contribution in [0.4, 0.5) is 18.9 Å². The Morgan fingerprint density at radius 1 is 1.33 bits per heavy atom. The number of carbonyl (C=O) groups excluding carboxylic acids is 3. The first-order chi connectivity index (χ1) is 12.6. The van der Waals surface area contributed by atoms with E-state index in [-0.39, 0.29) is 5.91 Å². The molecular formula is C17H18F3N3O3S. The van der Waals surface area contributed by atoms with Gasteiger partial charge in [-0.2, -0.15) is 0 Å². The van der Waals surface area contributed by atoms with E-state index < -0.39 is 52.4 Å². The van der Waals surface area contributed by atoms with E-state index in [2.05, 4.69) is 5.32 Å². The normalized spacial score (nSPS) is 24.1.